The quantitative estimate of drug-likeness (QED) is 0.431. The molecular formula is C12H14ClN5O3S. The number of rotatable bonds is 3. The van der Waals surface area contributed by atoms with Gasteiger partial charge in [0.2, 0.25) is 0 Å². The van der Waals surface area contributed by atoms with Gasteiger partial charge in [-0.05, 0) is 6.07 Å². The van der Waals surface area contributed by atoms with Crippen molar-refractivity contribution in [1.82, 2.24) is 10.0 Å². The van der Waals surface area contributed by atoms with E-state index in [1.165, 1.54) is 19.2 Å². The molecule has 0 aliphatic heterocycles. The van der Waals surface area contributed by atoms with E-state index >= 15 is 0 Å². The maximum Gasteiger partial charge on any atom is 0.347 e. The number of aromatic nitrogens is 2. The van der Waals surface area contributed by atoms with Gasteiger partial charge in [-0.1, -0.05) is 23.9 Å². The van der Waals surface area contributed by atoms with Crippen LogP contribution in [0.15, 0.2) is 24.3 Å². The predicted octanol–water partition coefficient (Wildman–Crippen LogP) is 0.810. The first-order valence-electron chi connectivity index (χ1n) is 5.93. The summed E-state index contributed by atoms with van der Waals surface area (Å²) in [5.74, 6) is -0.714. The van der Waals surface area contributed by atoms with Gasteiger partial charge in [0.1, 0.15) is 11.2 Å². The molecule has 0 aliphatic rings. The van der Waals surface area contributed by atoms with Gasteiger partial charge in [0.15, 0.2) is 5.17 Å². The molecule has 2 aromatic rings. The highest BCUT2D eigenvalue weighted by Gasteiger charge is 2.28. The Labute approximate surface area is 135 Å². The summed E-state index contributed by atoms with van der Waals surface area (Å²) in [6.45, 7) is 0. The van der Waals surface area contributed by atoms with Crippen molar-refractivity contribution in [2.75, 3.05) is 7.05 Å². The van der Waals surface area contributed by atoms with Crippen LogP contribution in [0.3, 0.4) is 0 Å². The van der Waals surface area contributed by atoms with Gasteiger partial charge in [0.25, 0.3) is 5.52 Å². The highest BCUT2D eigenvalue weighted by Crippen LogP contribution is 2.19. The summed E-state index contributed by atoms with van der Waals surface area (Å²) < 4.78 is 0.961. The van der Waals surface area contributed by atoms with Crippen molar-refractivity contribution in [3.63, 3.8) is 0 Å². The van der Waals surface area contributed by atoms with Crippen LogP contribution in [0.25, 0.3) is 11.0 Å². The first-order chi connectivity index (χ1) is 9.97. The molecule has 1 aromatic heterocycles. The van der Waals surface area contributed by atoms with Crippen LogP contribution < -0.4 is 15.5 Å². The molecule has 0 spiro atoms. The normalized spacial score (nSPS) is 10.0. The molecule has 0 atom stereocenters. The molecule has 1 amide bonds. The van der Waals surface area contributed by atoms with Gasteiger partial charge in [-0.25, -0.2) is 0 Å². The van der Waals surface area contributed by atoms with Gasteiger partial charge in [-0.3, -0.25) is 10.2 Å². The summed E-state index contributed by atoms with van der Waals surface area (Å²) in [5, 5.41) is 21.7. The van der Waals surface area contributed by atoms with Gasteiger partial charge in [0, 0.05) is 23.8 Å². The lowest BCUT2D eigenvalue weighted by Crippen LogP contribution is -2.36. The number of hydrogen-bond acceptors (Lipinski definition) is 5. The third-order valence-corrected chi connectivity index (χ3v) is 3.58. The van der Waals surface area contributed by atoms with Gasteiger partial charge in [0.05, 0.1) is 4.43 Å². The number of fused-ring (bicyclic) bond motifs is 1. The van der Waals surface area contributed by atoms with E-state index in [2.05, 4.69) is 5.32 Å². The third kappa shape index (κ3) is 3.15. The molecule has 0 unspecified atom stereocenters. The Morgan fingerprint density at radius 2 is 2.14 bits per heavy atom. The predicted molar refractivity (Wildman–Crippen MR) is 87.9 cm³/mol. The molecule has 1 aromatic carbocycles. The van der Waals surface area contributed by atoms with Gasteiger partial charge in [-0.2, -0.15) is 0 Å². The van der Waals surface area contributed by atoms with Crippen LogP contribution in [0, 0.1) is 15.5 Å². The molecule has 118 valence electrons. The molecular weight excluding hydrogens is 330 g/mol. The van der Waals surface area contributed by atoms with Gasteiger partial charge < -0.3 is 21.0 Å². The van der Waals surface area contributed by atoms with Crippen LogP contribution in [-0.2, 0) is 5.75 Å². The first kappa shape index (κ1) is 17.8. The number of halogens is 1. The molecule has 0 radical (unpaired) electrons. The maximum absolute atomic E-state index is 12.4. The first-order valence-corrected chi connectivity index (χ1v) is 6.91. The monoisotopic (exact) mass is 343 g/mol. The number of nitrogens with two attached hydrogens (primary N) is 1. The van der Waals surface area contributed by atoms with Crippen LogP contribution >= 0.6 is 24.2 Å². The lowest BCUT2D eigenvalue weighted by atomic mass is 10.2. The third-order valence-electron chi connectivity index (χ3n) is 2.85. The number of nitrogens with zero attached hydrogens (tertiary/aromatic N) is 2. The molecule has 1 heterocycles. The zero-order valence-electron chi connectivity index (χ0n) is 11.5. The molecule has 22 heavy (non-hydrogen) atoms. The number of carbonyl (C=O) groups excluding carboxylic acids is 1. The molecule has 0 saturated heterocycles. The van der Waals surface area contributed by atoms with Crippen LogP contribution in [0.2, 0.25) is 0 Å². The van der Waals surface area contributed by atoms with Crippen LogP contribution in [0.4, 0.5) is 0 Å². The summed E-state index contributed by atoms with van der Waals surface area (Å²) in [5.41, 5.74) is 5.17. The summed E-state index contributed by atoms with van der Waals surface area (Å²) >= 11 is 0.866. The molecule has 2 rings (SSSR count). The minimum atomic E-state index is -0.667. The minimum absolute atomic E-state index is 0. The van der Waals surface area contributed by atoms with E-state index in [1.807, 2.05) is 0 Å². The number of hydrogen-bond donors (Lipinski definition) is 3. The lowest BCUT2D eigenvalue weighted by Gasteiger charge is -2.18. The van der Waals surface area contributed by atoms with Crippen molar-refractivity contribution in [3.05, 3.63) is 45.8 Å². The maximum atomic E-state index is 12.4. The minimum Gasteiger partial charge on any atom is -0.805 e. The van der Waals surface area contributed by atoms with E-state index < -0.39 is 5.91 Å². The van der Waals surface area contributed by atoms with Crippen LogP contribution in [-0.4, -0.2) is 22.9 Å². The van der Waals surface area contributed by atoms with E-state index in [-0.39, 0.29) is 45.7 Å². The summed E-state index contributed by atoms with van der Waals surface area (Å²) in [6, 6.07) is 6.18. The van der Waals surface area contributed by atoms with E-state index in [4.69, 9.17) is 11.1 Å². The summed E-state index contributed by atoms with van der Waals surface area (Å²) in [7, 11) is 1.37. The number of para-hydroxylation sites is 2. The van der Waals surface area contributed by atoms with Crippen molar-refractivity contribution in [2.45, 2.75) is 5.75 Å². The molecule has 0 fully saturated rings. The molecule has 4 N–H and O–H groups in total. The Bertz CT molecular complexity index is 792. The highest BCUT2D eigenvalue weighted by atomic mass is 35.5. The number of thioether (sulfide) groups is 1. The second-order valence-electron chi connectivity index (χ2n) is 4.10. The number of amidine groups is 1. The lowest BCUT2D eigenvalue weighted by molar-refractivity contribution is -0.468. The Kier molecular flexibility index (Phi) is 5.77. The number of amides is 1. The van der Waals surface area contributed by atoms with E-state index in [9.17, 15) is 14.9 Å². The Hall–Kier alpha value is -2.26. The average Bonchev–Trinajstić information content (AvgIpc) is 2.48. The Morgan fingerprint density at radius 3 is 2.73 bits per heavy atom. The van der Waals surface area contributed by atoms with Gasteiger partial charge >= 0.3 is 11.6 Å². The van der Waals surface area contributed by atoms with Crippen molar-refractivity contribution in [2.24, 2.45) is 5.73 Å². The average molecular weight is 344 g/mol. The zero-order chi connectivity index (χ0) is 15.6. The largest absolute Gasteiger partial charge is 0.805 e. The second-order valence-corrected chi connectivity index (χ2v) is 5.12. The van der Waals surface area contributed by atoms with E-state index in [0.717, 1.165) is 11.8 Å². The Balaban J connectivity index is 0.00000242. The number of benzene rings is 1. The fourth-order valence-corrected chi connectivity index (χ4v) is 2.45. The van der Waals surface area contributed by atoms with Crippen molar-refractivity contribution in [3.8, 4) is 0 Å². The van der Waals surface area contributed by atoms with Crippen LogP contribution in [0.5, 0.6) is 0 Å². The molecule has 10 heteroatoms. The highest BCUT2D eigenvalue weighted by molar-refractivity contribution is 8.13. The summed E-state index contributed by atoms with van der Waals surface area (Å²) in [4.78, 5) is 24.3. The van der Waals surface area contributed by atoms with Crippen molar-refractivity contribution < 1.29 is 9.22 Å². The topological polar surface area (TPSA) is 130 Å². The number of nitrogens with one attached hydrogen (secondary N) is 2. The van der Waals surface area contributed by atoms with Gasteiger partial charge in [-0.15, -0.1) is 12.4 Å². The fourth-order valence-electron chi connectivity index (χ4n) is 1.90. The summed E-state index contributed by atoms with van der Waals surface area (Å²) in [6.07, 6.45) is 0. The van der Waals surface area contributed by atoms with E-state index in [1.54, 1.807) is 12.1 Å². The zero-order valence-corrected chi connectivity index (χ0v) is 13.2. The van der Waals surface area contributed by atoms with Crippen molar-refractivity contribution in [1.29, 1.82) is 5.41 Å². The van der Waals surface area contributed by atoms with Crippen molar-refractivity contribution >= 4 is 46.3 Å². The number of carbonyl (C=O) groups is 1. The second kappa shape index (κ2) is 7.14. The molecule has 0 saturated carbocycles. The van der Waals surface area contributed by atoms with E-state index in [0.29, 0.717) is 9.16 Å². The molecule has 0 bridgehead atoms. The smallest absolute Gasteiger partial charge is 0.347 e. The molecule has 0 aliphatic carbocycles. The van der Waals surface area contributed by atoms with Crippen LogP contribution in [0.1, 0.15) is 16.2 Å². The molecule has 8 nitrogen and oxygen atoms in total. The standard InChI is InChI=1S/C12H13N5O3S.ClH/c1-15-11(18)10-9(6-21-12(13)14)16(19)7-4-2-3-5-8(7)17(10)20;/h2-5H,6H2,1H3,(H3,13,14)(H,15,18);1H. The fraction of sp³-hybridized carbons (Fsp3) is 0.167. The SMILES string of the molecule is CNC(=O)c1c(CSC(=N)N)n([O-])c2ccccc2[n+]1=O.Cl. The Morgan fingerprint density at radius 1 is 1.50 bits per heavy atom.